The number of rotatable bonds is 7. The largest absolute Gasteiger partial charge is 0.384 e. The van der Waals surface area contributed by atoms with Gasteiger partial charge >= 0.3 is 0 Å². The number of ether oxygens (including phenoxy) is 1. The van der Waals surface area contributed by atoms with Gasteiger partial charge in [-0.1, -0.05) is 19.1 Å². The number of nitrogens with one attached hydrogen (secondary N) is 2. The smallest absolute Gasteiger partial charge is 0.242 e. The number of hydrogen-bond donors (Lipinski definition) is 2. The van der Waals surface area contributed by atoms with Gasteiger partial charge in [-0.3, -0.25) is 0 Å². The molecule has 1 unspecified atom stereocenters. The number of benzene rings is 1. The molecule has 6 heteroatoms. The predicted molar refractivity (Wildman–Crippen MR) is 79.4 cm³/mol. The van der Waals surface area contributed by atoms with Gasteiger partial charge in [0.05, 0.1) is 11.8 Å². The van der Waals surface area contributed by atoms with E-state index in [-0.39, 0.29) is 6.10 Å². The summed E-state index contributed by atoms with van der Waals surface area (Å²) in [6, 6.07) is 6.97. The van der Waals surface area contributed by atoms with Crippen LogP contribution in [0, 0.1) is 0 Å². The molecule has 0 amide bonds. The molecule has 1 fully saturated rings. The van der Waals surface area contributed by atoms with E-state index in [1.165, 1.54) is 0 Å². The molecule has 0 aromatic heterocycles. The number of anilines is 1. The van der Waals surface area contributed by atoms with E-state index in [4.69, 9.17) is 4.74 Å². The molecule has 0 radical (unpaired) electrons. The van der Waals surface area contributed by atoms with E-state index in [0.29, 0.717) is 17.1 Å². The number of para-hydroxylation sites is 1. The van der Waals surface area contributed by atoms with Gasteiger partial charge in [0, 0.05) is 19.7 Å². The Kier molecular flexibility index (Phi) is 5.39. The van der Waals surface area contributed by atoms with Gasteiger partial charge in [0.25, 0.3) is 0 Å². The van der Waals surface area contributed by atoms with E-state index >= 15 is 0 Å². The second-order valence-corrected chi connectivity index (χ2v) is 6.65. The normalized spacial score (nSPS) is 19.1. The highest BCUT2D eigenvalue weighted by Crippen LogP contribution is 2.21. The third-order valence-corrected chi connectivity index (χ3v) is 4.75. The average molecular weight is 298 g/mol. The summed E-state index contributed by atoms with van der Waals surface area (Å²) >= 11 is 0. The third-order valence-electron chi connectivity index (χ3n) is 3.27. The van der Waals surface area contributed by atoms with E-state index in [9.17, 15) is 8.42 Å². The zero-order valence-corrected chi connectivity index (χ0v) is 12.6. The summed E-state index contributed by atoms with van der Waals surface area (Å²) in [6.45, 7) is 3.85. The maximum Gasteiger partial charge on any atom is 0.242 e. The van der Waals surface area contributed by atoms with Crippen LogP contribution < -0.4 is 10.0 Å². The average Bonchev–Trinajstić information content (AvgIpc) is 2.97. The maximum atomic E-state index is 12.4. The molecule has 2 N–H and O–H groups in total. The van der Waals surface area contributed by atoms with Crippen molar-refractivity contribution in [2.75, 3.05) is 25.0 Å². The Bertz CT molecular complexity index is 525. The Hall–Kier alpha value is -1.11. The lowest BCUT2D eigenvalue weighted by Gasteiger charge is -2.14. The molecule has 112 valence electrons. The van der Waals surface area contributed by atoms with E-state index in [1.54, 1.807) is 18.2 Å². The molecule has 0 bridgehead atoms. The standard InChI is InChI=1S/C14H22N2O3S/c1-2-9-15-13-7-3-4-8-14(13)20(17,18)16-11-12-6-5-10-19-12/h3-4,7-8,12,15-16H,2,5-6,9-11H2,1H3. The van der Waals surface area contributed by atoms with Gasteiger partial charge in [-0.05, 0) is 31.4 Å². The molecule has 1 saturated heterocycles. The van der Waals surface area contributed by atoms with Gasteiger partial charge in [-0.25, -0.2) is 13.1 Å². The van der Waals surface area contributed by atoms with Crippen LogP contribution in [0.3, 0.4) is 0 Å². The second-order valence-electron chi connectivity index (χ2n) is 4.91. The van der Waals surface area contributed by atoms with Crippen LogP contribution in [0.5, 0.6) is 0 Å². The molecule has 1 aromatic carbocycles. The molecule has 0 saturated carbocycles. The minimum atomic E-state index is -3.50. The van der Waals surface area contributed by atoms with Crippen molar-refractivity contribution in [2.24, 2.45) is 0 Å². The van der Waals surface area contributed by atoms with Crippen molar-refractivity contribution in [3.63, 3.8) is 0 Å². The number of hydrogen-bond acceptors (Lipinski definition) is 4. The Balaban J connectivity index is 2.07. The summed E-state index contributed by atoms with van der Waals surface area (Å²) in [6.07, 6.45) is 2.86. The van der Waals surface area contributed by atoms with Crippen LogP contribution in [0.1, 0.15) is 26.2 Å². The van der Waals surface area contributed by atoms with E-state index in [1.807, 2.05) is 13.0 Å². The molecule has 1 aliphatic rings. The monoisotopic (exact) mass is 298 g/mol. The first kappa shape index (κ1) is 15.3. The second kappa shape index (κ2) is 7.06. The molecule has 0 aliphatic carbocycles. The molecule has 1 aromatic rings. The molecule has 1 aliphatic heterocycles. The molecular weight excluding hydrogens is 276 g/mol. The lowest BCUT2D eigenvalue weighted by atomic mass is 10.2. The quantitative estimate of drug-likeness (QED) is 0.807. The number of sulfonamides is 1. The van der Waals surface area contributed by atoms with E-state index < -0.39 is 10.0 Å². The SMILES string of the molecule is CCCNc1ccccc1S(=O)(=O)NCC1CCCO1. The van der Waals surface area contributed by atoms with Crippen molar-refractivity contribution in [1.82, 2.24) is 4.72 Å². The molecule has 20 heavy (non-hydrogen) atoms. The molecule has 1 atom stereocenters. The fraction of sp³-hybridized carbons (Fsp3) is 0.571. The molecular formula is C14H22N2O3S. The fourth-order valence-electron chi connectivity index (χ4n) is 2.19. The van der Waals surface area contributed by atoms with E-state index in [0.717, 1.165) is 32.4 Å². The van der Waals surface area contributed by atoms with Crippen LogP contribution in [0.4, 0.5) is 5.69 Å². The van der Waals surface area contributed by atoms with Crippen molar-refractivity contribution >= 4 is 15.7 Å². The predicted octanol–water partition coefficient (Wildman–Crippen LogP) is 1.97. The zero-order chi connectivity index (χ0) is 14.4. The molecule has 0 spiro atoms. The van der Waals surface area contributed by atoms with Crippen molar-refractivity contribution in [3.8, 4) is 0 Å². The molecule has 5 nitrogen and oxygen atoms in total. The van der Waals surface area contributed by atoms with Crippen LogP contribution in [0.15, 0.2) is 29.2 Å². The molecule has 1 heterocycles. The Morgan fingerprint density at radius 2 is 2.15 bits per heavy atom. The minimum absolute atomic E-state index is 0.000498. The van der Waals surface area contributed by atoms with Gasteiger partial charge < -0.3 is 10.1 Å². The highest BCUT2D eigenvalue weighted by molar-refractivity contribution is 7.89. The zero-order valence-electron chi connectivity index (χ0n) is 11.8. The first-order valence-electron chi connectivity index (χ1n) is 7.07. The Labute approximate surface area is 120 Å². The van der Waals surface area contributed by atoms with Crippen LogP contribution in [-0.2, 0) is 14.8 Å². The highest BCUT2D eigenvalue weighted by atomic mass is 32.2. The van der Waals surface area contributed by atoms with Gasteiger partial charge in [0.2, 0.25) is 10.0 Å². The lowest BCUT2D eigenvalue weighted by molar-refractivity contribution is 0.114. The maximum absolute atomic E-state index is 12.4. The Morgan fingerprint density at radius 1 is 1.35 bits per heavy atom. The van der Waals surface area contributed by atoms with Crippen molar-refractivity contribution in [3.05, 3.63) is 24.3 Å². The first-order chi connectivity index (χ1) is 9.63. The highest BCUT2D eigenvalue weighted by Gasteiger charge is 2.22. The van der Waals surface area contributed by atoms with Gasteiger partial charge in [0.15, 0.2) is 0 Å². The summed E-state index contributed by atoms with van der Waals surface area (Å²) in [4.78, 5) is 0.298. The third kappa shape index (κ3) is 3.94. The summed E-state index contributed by atoms with van der Waals surface area (Å²) < 4.78 is 32.8. The molecule has 2 rings (SSSR count). The van der Waals surface area contributed by atoms with Crippen LogP contribution in [0.25, 0.3) is 0 Å². The van der Waals surface area contributed by atoms with Gasteiger partial charge in [0.1, 0.15) is 4.90 Å². The van der Waals surface area contributed by atoms with Crippen molar-refractivity contribution in [1.29, 1.82) is 0 Å². The minimum Gasteiger partial charge on any atom is -0.384 e. The van der Waals surface area contributed by atoms with Crippen molar-refractivity contribution < 1.29 is 13.2 Å². The van der Waals surface area contributed by atoms with E-state index in [2.05, 4.69) is 10.0 Å². The van der Waals surface area contributed by atoms with Gasteiger partial charge in [-0.15, -0.1) is 0 Å². The summed E-state index contributed by atoms with van der Waals surface area (Å²) in [7, 11) is -3.50. The Morgan fingerprint density at radius 3 is 2.85 bits per heavy atom. The first-order valence-corrected chi connectivity index (χ1v) is 8.56. The summed E-state index contributed by atoms with van der Waals surface area (Å²) in [5.41, 5.74) is 0.647. The van der Waals surface area contributed by atoms with Crippen LogP contribution >= 0.6 is 0 Å². The van der Waals surface area contributed by atoms with Crippen molar-refractivity contribution in [2.45, 2.75) is 37.2 Å². The van der Waals surface area contributed by atoms with Crippen LogP contribution in [-0.4, -0.2) is 34.2 Å². The summed E-state index contributed by atoms with van der Waals surface area (Å²) in [5, 5.41) is 3.15. The van der Waals surface area contributed by atoms with Crippen LogP contribution in [0.2, 0.25) is 0 Å². The fourth-order valence-corrected chi connectivity index (χ4v) is 3.44. The van der Waals surface area contributed by atoms with Gasteiger partial charge in [-0.2, -0.15) is 0 Å². The summed E-state index contributed by atoms with van der Waals surface area (Å²) in [5.74, 6) is 0. The topological polar surface area (TPSA) is 67.4 Å². The lowest BCUT2D eigenvalue weighted by Crippen LogP contribution is -2.32.